The number of methoxy groups -OCH3 is 1. The number of ether oxygens (including phenoxy) is 1. The van der Waals surface area contributed by atoms with Crippen LogP contribution in [0.3, 0.4) is 0 Å². The quantitative estimate of drug-likeness (QED) is 0.692. The van der Waals surface area contributed by atoms with Crippen LogP contribution >= 0.6 is 11.6 Å². The van der Waals surface area contributed by atoms with E-state index in [0.29, 0.717) is 12.4 Å². The molecule has 0 aliphatic heterocycles. The van der Waals surface area contributed by atoms with E-state index in [1.165, 1.54) is 0 Å². The maximum absolute atomic E-state index is 6.23. The number of halogens is 1. The lowest BCUT2D eigenvalue weighted by molar-refractivity contribution is 0.399. The molecular formula is C14H14ClN3O2. The Morgan fingerprint density at radius 2 is 2.20 bits per heavy atom. The summed E-state index contributed by atoms with van der Waals surface area (Å²) < 4.78 is 12.3. The van der Waals surface area contributed by atoms with Crippen LogP contribution in [0.15, 0.2) is 35.1 Å². The number of aromatic nitrogens is 3. The highest BCUT2D eigenvalue weighted by atomic mass is 35.5. The van der Waals surface area contributed by atoms with Crippen LogP contribution < -0.4 is 4.74 Å². The predicted octanol–water partition coefficient (Wildman–Crippen LogP) is 3.38. The number of rotatable bonds is 4. The molecule has 0 radical (unpaired) electrons. The summed E-state index contributed by atoms with van der Waals surface area (Å²) in [4.78, 5) is 9.02. The zero-order valence-corrected chi connectivity index (χ0v) is 12.0. The molecule has 0 aliphatic rings. The number of alkyl halides is 1. The maximum Gasteiger partial charge on any atom is 0.215 e. The van der Waals surface area contributed by atoms with Gasteiger partial charge in [-0.3, -0.25) is 0 Å². The summed E-state index contributed by atoms with van der Waals surface area (Å²) >= 11 is 6.23. The second kappa shape index (κ2) is 5.17. The first-order valence-electron chi connectivity index (χ1n) is 6.25. The zero-order valence-electron chi connectivity index (χ0n) is 11.2. The minimum Gasteiger partial charge on any atom is -0.481 e. The molecule has 0 spiro atoms. The summed E-state index contributed by atoms with van der Waals surface area (Å²) in [5.41, 5.74) is 2.59. The Bertz CT molecular complexity index is 719. The molecule has 6 heteroatoms. The summed E-state index contributed by atoms with van der Waals surface area (Å²) in [5.74, 6) is 1.34. The molecule has 0 aromatic carbocycles. The van der Waals surface area contributed by atoms with Crippen molar-refractivity contribution < 1.29 is 9.15 Å². The Morgan fingerprint density at radius 3 is 2.85 bits per heavy atom. The van der Waals surface area contributed by atoms with Gasteiger partial charge in [-0.1, -0.05) is 0 Å². The summed E-state index contributed by atoms with van der Waals surface area (Å²) in [6, 6.07) is 5.59. The fourth-order valence-corrected chi connectivity index (χ4v) is 2.31. The summed E-state index contributed by atoms with van der Waals surface area (Å²) in [6.45, 7) is 2.51. The lowest BCUT2D eigenvalue weighted by Gasteiger charge is -2.08. The molecule has 20 heavy (non-hydrogen) atoms. The first-order chi connectivity index (χ1) is 9.69. The molecule has 0 saturated heterocycles. The van der Waals surface area contributed by atoms with Gasteiger partial charge in [-0.2, -0.15) is 4.98 Å². The van der Waals surface area contributed by atoms with E-state index in [1.54, 1.807) is 25.7 Å². The molecule has 0 N–H and O–H groups in total. The van der Waals surface area contributed by atoms with Crippen LogP contribution in [0.4, 0.5) is 0 Å². The molecular weight excluding hydrogens is 278 g/mol. The number of hydrogen-bond acceptors (Lipinski definition) is 4. The second-order valence-electron chi connectivity index (χ2n) is 4.50. The van der Waals surface area contributed by atoms with Crippen molar-refractivity contribution >= 4 is 22.8 Å². The summed E-state index contributed by atoms with van der Waals surface area (Å²) in [6.07, 6.45) is 3.35. The molecule has 3 rings (SSSR count). The average molecular weight is 292 g/mol. The highest BCUT2D eigenvalue weighted by Crippen LogP contribution is 2.26. The van der Waals surface area contributed by atoms with Gasteiger partial charge in [0.25, 0.3) is 0 Å². The lowest BCUT2D eigenvalue weighted by atomic mass is 10.3. The van der Waals surface area contributed by atoms with Gasteiger partial charge in [0.05, 0.1) is 31.6 Å². The Morgan fingerprint density at radius 1 is 1.35 bits per heavy atom. The van der Waals surface area contributed by atoms with Gasteiger partial charge >= 0.3 is 0 Å². The topological polar surface area (TPSA) is 53.1 Å². The lowest BCUT2D eigenvalue weighted by Crippen LogP contribution is -2.06. The molecule has 0 bridgehead atoms. The van der Waals surface area contributed by atoms with E-state index >= 15 is 0 Å². The molecule has 5 nitrogen and oxygen atoms in total. The smallest absolute Gasteiger partial charge is 0.215 e. The van der Waals surface area contributed by atoms with Crippen molar-refractivity contribution in [1.82, 2.24) is 14.5 Å². The van der Waals surface area contributed by atoms with Gasteiger partial charge in [0.15, 0.2) is 5.65 Å². The van der Waals surface area contributed by atoms with E-state index in [2.05, 4.69) is 9.97 Å². The number of nitrogens with zero attached hydrogens (tertiary/aromatic N) is 3. The Hall–Kier alpha value is -2.01. The predicted molar refractivity (Wildman–Crippen MR) is 76.2 cm³/mol. The van der Waals surface area contributed by atoms with Crippen molar-refractivity contribution in [2.75, 3.05) is 7.11 Å². The van der Waals surface area contributed by atoms with E-state index in [9.17, 15) is 0 Å². The zero-order chi connectivity index (χ0) is 14.1. The number of imidazole rings is 1. The highest BCUT2D eigenvalue weighted by Gasteiger charge is 2.17. The molecule has 0 fully saturated rings. The van der Waals surface area contributed by atoms with Gasteiger partial charge in [-0.25, -0.2) is 4.98 Å². The number of hydrogen-bond donors (Lipinski definition) is 0. The van der Waals surface area contributed by atoms with Gasteiger partial charge in [0.1, 0.15) is 11.3 Å². The van der Waals surface area contributed by atoms with Crippen molar-refractivity contribution in [3.63, 3.8) is 0 Å². The highest BCUT2D eigenvalue weighted by molar-refractivity contribution is 6.20. The SMILES string of the molecule is COc1ccc2nc(C(C)Cl)n(Cc3ccoc3)c2n1. The van der Waals surface area contributed by atoms with E-state index in [4.69, 9.17) is 20.8 Å². The van der Waals surface area contributed by atoms with Crippen LogP contribution in [0.2, 0.25) is 0 Å². The Kier molecular flexibility index (Phi) is 3.36. The van der Waals surface area contributed by atoms with E-state index in [-0.39, 0.29) is 5.38 Å². The monoisotopic (exact) mass is 291 g/mol. The van der Waals surface area contributed by atoms with E-state index < -0.39 is 0 Å². The van der Waals surface area contributed by atoms with Crippen LogP contribution in [-0.4, -0.2) is 21.6 Å². The average Bonchev–Trinajstić information content (AvgIpc) is 3.07. The van der Waals surface area contributed by atoms with Gasteiger partial charge in [-0.15, -0.1) is 11.6 Å². The first kappa shape index (κ1) is 13.0. The summed E-state index contributed by atoms with van der Waals surface area (Å²) in [7, 11) is 1.59. The first-order valence-corrected chi connectivity index (χ1v) is 6.69. The fourth-order valence-electron chi connectivity index (χ4n) is 2.14. The molecule has 1 atom stereocenters. The number of fused-ring (bicyclic) bond motifs is 1. The van der Waals surface area contributed by atoms with Crippen molar-refractivity contribution in [2.24, 2.45) is 0 Å². The van der Waals surface area contributed by atoms with Crippen LogP contribution in [0.25, 0.3) is 11.2 Å². The third-order valence-electron chi connectivity index (χ3n) is 3.08. The molecule has 0 aliphatic carbocycles. The fraction of sp³-hybridized carbons (Fsp3) is 0.286. The minimum atomic E-state index is -0.206. The normalized spacial score (nSPS) is 12.8. The molecule has 1 unspecified atom stereocenters. The molecule has 0 saturated carbocycles. The van der Waals surface area contributed by atoms with Crippen LogP contribution in [-0.2, 0) is 6.54 Å². The van der Waals surface area contributed by atoms with Gasteiger partial charge in [0.2, 0.25) is 5.88 Å². The number of pyridine rings is 1. The molecule has 3 aromatic heterocycles. The summed E-state index contributed by atoms with van der Waals surface area (Å²) in [5, 5.41) is -0.206. The van der Waals surface area contributed by atoms with Crippen LogP contribution in [0.5, 0.6) is 5.88 Å². The molecule has 3 aromatic rings. The Labute approximate surface area is 121 Å². The van der Waals surface area contributed by atoms with Crippen molar-refractivity contribution in [3.05, 3.63) is 42.1 Å². The van der Waals surface area contributed by atoms with Crippen molar-refractivity contribution in [3.8, 4) is 5.88 Å². The Balaban J connectivity index is 2.16. The van der Waals surface area contributed by atoms with E-state index in [1.807, 2.05) is 23.6 Å². The molecule has 0 amide bonds. The third kappa shape index (κ3) is 2.25. The van der Waals surface area contributed by atoms with Crippen molar-refractivity contribution in [1.29, 1.82) is 0 Å². The minimum absolute atomic E-state index is 0.206. The van der Waals surface area contributed by atoms with Crippen LogP contribution in [0.1, 0.15) is 23.7 Å². The molecule has 3 heterocycles. The third-order valence-corrected chi connectivity index (χ3v) is 3.28. The van der Waals surface area contributed by atoms with Crippen LogP contribution in [0, 0.1) is 0 Å². The van der Waals surface area contributed by atoms with Gasteiger partial charge in [0, 0.05) is 11.6 Å². The second-order valence-corrected chi connectivity index (χ2v) is 5.15. The maximum atomic E-state index is 6.23. The van der Waals surface area contributed by atoms with Crippen molar-refractivity contribution in [2.45, 2.75) is 18.8 Å². The largest absolute Gasteiger partial charge is 0.481 e. The molecule has 104 valence electrons. The van der Waals surface area contributed by atoms with E-state index in [0.717, 1.165) is 22.6 Å². The number of furan rings is 1. The van der Waals surface area contributed by atoms with Gasteiger partial charge < -0.3 is 13.7 Å². The standard InChI is InChI=1S/C14H14ClN3O2/c1-9(15)13-16-11-3-4-12(19-2)17-14(11)18(13)7-10-5-6-20-8-10/h3-6,8-9H,7H2,1-2H3. The van der Waals surface area contributed by atoms with Gasteiger partial charge in [-0.05, 0) is 19.1 Å².